The lowest BCUT2D eigenvalue weighted by molar-refractivity contribution is 0.330. The summed E-state index contributed by atoms with van der Waals surface area (Å²) in [5, 5.41) is 10.9. The number of fused-ring (bicyclic) bond motifs is 3. The Labute approximate surface area is 108 Å². The molecule has 3 heteroatoms. The summed E-state index contributed by atoms with van der Waals surface area (Å²) < 4.78 is 2.29. The van der Waals surface area contributed by atoms with Gasteiger partial charge in [0, 0.05) is 30.2 Å². The van der Waals surface area contributed by atoms with Crippen molar-refractivity contribution < 1.29 is 5.11 Å². The zero-order valence-corrected chi connectivity index (χ0v) is 11.3. The van der Waals surface area contributed by atoms with Crippen LogP contribution in [0.15, 0.2) is 18.2 Å². The van der Waals surface area contributed by atoms with Gasteiger partial charge in [0.1, 0.15) is 5.75 Å². The van der Waals surface area contributed by atoms with E-state index in [2.05, 4.69) is 30.6 Å². The summed E-state index contributed by atoms with van der Waals surface area (Å²) in [7, 11) is 6.40. The largest absolute Gasteiger partial charge is 0.508 e. The number of aromatic nitrogens is 1. The maximum atomic E-state index is 9.66. The summed E-state index contributed by atoms with van der Waals surface area (Å²) in [6.07, 6.45) is 2.29. The minimum absolute atomic E-state index is 0.368. The third-order valence-electron chi connectivity index (χ3n) is 4.02. The highest BCUT2D eigenvalue weighted by Crippen LogP contribution is 2.36. The van der Waals surface area contributed by atoms with Gasteiger partial charge in [-0.25, -0.2) is 0 Å². The molecule has 2 aromatic rings. The van der Waals surface area contributed by atoms with E-state index >= 15 is 0 Å². The molecule has 96 valence electrons. The maximum Gasteiger partial charge on any atom is 0.116 e. The van der Waals surface area contributed by atoms with E-state index in [1.165, 1.54) is 22.2 Å². The van der Waals surface area contributed by atoms with Gasteiger partial charge < -0.3 is 14.6 Å². The fourth-order valence-corrected chi connectivity index (χ4v) is 3.33. The summed E-state index contributed by atoms with van der Waals surface area (Å²) in [6.45, 7) is 1.13. The zero-order valence-electron chi connectivity index (χ0n) is 11.3. The Balaban J connectivity index is 2.04. The Bertz CT molecular complexity index is 598. The van der Waals surface area contributed by atoms with Crippen molar-refractivity contribution in [2.75, 3.05) is 20.6 Å². The highest BCUT2D eigenvalue weighted by atomic mass is 16.3. The predicted molar refractivity (Wildman–Crippen MR) is 74.0 cm³/mol. The minimum Gasteiger partial charge on any atom is -0.508 e. The molecule has 0 radical (unpaired) electrons. The molecule has 3 rings (SSSR count). The van der Waals surface area contributed by atoms with Crippen LogP contribution < -0.4 is 0 Å². The van der Waals surface area contributed by atoms with E-state index in [4.69, 9.17) is 0 Å². The number of hydrogen-bond donors (Lipinski definition) is 1. The smallest absolute Gasteiger partial charge is 0.116 e. The molecule has 18 heavy (non-hydrogen) atoms. The summed E-state index contributed by atoms with van der Waals surface area (Å²) in [5.74, 6) is 1.08. The number of aromatic hydroxyl groups is 1. The number of nitrogens with zero attached hydrogens (tertiary/aromatic N) is 2. The van der Waals surface area contributed by atoms with Crippen LogP contribution in [0.1, 0.15) is 11.3 Å². The molecule has 0 amide bonds. The molecule has 1 aromatic heterocycles. The van der Waals surface area contributed by atoms with E-state index < -0.39 is 0 Å². The average Bonchev–Trinajstić information content (AvgIpc) is 2.79. The van der Waals surface area contributed by atoms with Crippen LogP contribution in [0.4, 0.5) is 0 Å². The van der Waals surface area contributed by atoms with Crippen molar-refractivity contribution in [3.8, 4) is 5.75 Å². The van der Waals surface area contributed by atoms with Crippen molar-refractivity contribution in [1.29, 1.82) is 0 Å². The maximum absolute atomic E-state index is 9.66. The number of rotatable bonds is 2. The fraction of sp³-hybridized carbons (Fsp3) is 0.467. The number of benzene rings is 1. The predicted octanol–water partition coefficient (Wildman–Crippen LogP) is 2.16. The molecule has 1 atom stereocenters. The number of hydrogen-bond acceptors (Lipinski definition) is 2. The van der Waals surface area contributed by atoms with Gasteiger partial charge in [-0.15, -0.1) is 0 Å². The Kier molecular flexibility index (Phi) is 2.59. The molecule has 0 saturated heterocycles. The molecular weight excluding hydrogens is 224 g/mol. The first-order valence-corrected chi connectivity index (χ1v) is 6.50. The van der Waals surface area contributed by atoms with Gasteiger partial charge in [0.05, 0.1) is 0 Å². The van der Waals surface area contributed by atoms with Crippen molar-refractivity contribution in [2.45, 2.75) is 12.8 Å². The molecule has 0 saturated carbocycles. The standard InChI is InChI=1S/C15H20N2O/c1-16(2)9-10-6-12-13-8-11(18)4-5-14(13)17(3)15(12)7-10/h4-5,8,10,18H,6-7,9H2,1-3H3. The summed E-state index contributed by atoms with van der Waals surface area (Å²) in [4.78, 5) is 2.26. The van der Waals surface area contributed by atoms with E-state index in [9.17, 15) is 5.11 Å². The van der Waals surface area contributed by atoms with Crippen LogP contribution in [0, 0.1) is 5.92 Å². The van der Waals surface area contributed by atoms with Crippen LogP contribution in [0.25, 0.3) is 10.9 Å². The van der Waals surface area contributed by atoms with Crippen LogP contribution in [0.2, 0.25) is 0 Å². The molecule has 0 spiro atoms. The van der Waals surface area contributed by atoms with Crippen LogP contribution in [-0.4, -0.2) is 35.2 Å². The second-order valence-corrected chi connectivity index (χ2v) is 5.72. The Morgan fingerprint density at radius 3 is 2.83 bits per heavy atom. The Hall–Kier alpha value is -1.48. The molecule has 3 nitrogen and oxygen atoms in total. The van der Waals surface area contributed by atoms with Crippen molar-refractivity contribution in [3.05, 3.63) is 29.5 Å². The third kappa shape index (κ3) is 1.70. The molecule has 1 N–H and O–H groups in total. The SMILES string of the molecule is CN(C)CC1Cc2c(n(C)c3ccc(O)cc23)C1. The van der Waals surface area contributed by atoms with Crippen LogP contribution >= 0.6 is 0 Å². The topological polar surface area (TPSA) is 28.4 Å². The Morgan fingerprint density at radius 2 is 2.11 bits per heavy atom. The van der Waals surface area contributed by atoms with Gasteiger partial charge in [0.2, 0.25) is 0 Å². The summed E-state index contributed by atoms with van der Waals surface area (Å²) >= 11 is 0. The monoisotopic (exact) mass is 244 g/mol. The number of phenols is 1. The number of phenolic OH excluding ortho intramolecular Hbond substituents is 1. The molecule has 1 heterocycles. The first-order valence-electron chi connectivity index (χ1n) is 6.50. The van der Waals surface area contributed by atoms with E-state index in [0.29, 0.717) is 11.7 Å². The first kappa shape index (κ1) is 11.6. The molecule has 1 aliphatic carbocycles. The van der Waals surface area contributed by atoms with E-state index in [1.807, 2.05) is 12.1 Å². The minimum atomic E-state index is 0.368. The molecular formula is C15H20N2O. The molecule has 0 bridgehead atoms. The molecule has 1 unspecified atom stereocenters. The molecule has 0 fully saturated rings. The average molecular weight is 244 g/mol. The van der Waals surface area contributed by atoms with Crippen LogP contribution in [0.5, 0.6) is 5.75 Å². The lowest BCUT2D eigenvalue weighted by Crippen LogP contribution is -2.22. The lowest BCUT2D eigenvalue weighted by atomic mass is 10.0. The van der Waals surface area contributed by atoms with Gasteiger partial charge in [-0.3, -0.25) is 0 Å². The van der Waals surface area contributed by atoms with Gasteiger partial charge in [0.25, 0.3) is 0 Å². The van der Waals surface area contributed by atoms with Gasteiger partial charge in [-0.2, -0.15) is 0 Å². The molecule has 0 aliphatic heterocycles. The highest BCUT2D eigenvalue weighted by Gasteiger charge is 2.27. The van der Waals surface area contributed by atoms with Gasteiger partial charge in [-0.05, 0) is 56.6 Å². The van der Waals surface area contributed by atoms with Gasteiger partial charge >= 0.3 is 0 Å². The van der Waals surface area contributed by atoms with E-state index in [-0.39, 0.29) is 0 Å². The van der Waals surface area contributed by atoms with E-state index in [1.54, 1.807) is 6.07 Å². The third-order valence-corrected chi connectivity index (χ3v) is 4.02. The lowest BCUT2D eigenvalue weighted by Gasteiger charge is -2.16. The van der Waals surface area contributed by atoms with Gasteiger partial charge in [-0.1, -0.05) is 0 Å². The Morgan fingerprint density at radius 1 is 1.33 bits per heavy atom. The number of aryl methyl sites for hydroxylation is 1. The normalized spacial score (nSPS) is 18.8. The van der Waals surface area contributed by atoms with Crippen molar-refractivity contribution >= 4 is 10.9 Å². The highest BCUT2D eigenvalue weighted by molar-refractivity contribution is 5.87. The summed E-state index contributed by atoms with van der Waals surface area (Å²) in [6, 6.07) is 5.70. The molecule has 1 aliphatic rings. The van der Waals surface area contributed by atoms with Crippen molar-refractivity contribution in [1.82, 2.24) is 9.47 Å². The summed E-state index contributed by atoms with van der Waals surface area (Å²) in [5.41, 5.74) is 4.12. The van der Waals surface area contributed by atoms with Crippen molar-refractivity contribution in [3.63, 3.8) is 0 Å². The quantitative estimate of drug-likeness (QED) is 0.877. The fourth-order valence-electron chi connectivity index (χ4n) is 3.33. The van der Waals surface area contributed by atoms with Gasteiger partial charge in [0.15, 0.2) is 0 Å². The van der Waals surface area contributed by atoms with Crippen LogP contribution in [-0.2, 0) is 19.9 Å². The van der Waals surface area contributed by atoms with E-state index in [0.717, 1.165) is 19.4 Å². The first-order chi connectivity index (χ1) is 8.56. The van der Waals surface area contributed by atoms with Crippen molar-refractivity contribution in [2.24, 2.45) is 13.0 Å². The second-order valence-electron chi connectivity index (χ2n) is 5.72. The molecule has 1 aromatic carbocycles. The van der Waals surface area contributed by atoms with Crippen LogP contribution in [0.3, 0.4) is 0 Å². The zero-order chi connectivity index (χ0) is 12.9. The second kappa shape index (κ2) is 4.02.